The first kappa shape index (κ1) is 10.8. The van der Waals surface area contributed by atoms with Gasteiger partial charge in [0.25, 0.3) is 0 Å². The molecule has 0 nitrogen and oxygen atoms in total. The number of halogens is 2. The molecule has 0 N–H and O–H groups in total. The van der Waals surface area contributed by atoms with Crippen molar-refractivity contribution in [3.8, 4) is 11.1 Å². The van der Waals surface area contributed by atoms with Gasteiger partial charge in [0, 0.05) is 5.56 Å². The van der Waals surface area contributed by atoms with Gasteiger partial charge in [0.1, 0.15) is 11.6 Å². The van der Waals surface area contributed by atoms with Crippen molar-refractivity contribution in [2.24, 2.45) is 0 Å². The molecule has 0 aliphatic rings. The van der Waals surface area contributed by atoms with Crippen LogP contribution in [0.2, 0.25) is 0 Å². The second kappa shape index (κ2) is 4.05. The molecular formula is C14H12F2. The largest absolute Gasteiger partial charge is 0.207 e. The number of hydrogen-bond acceptors (Lipinski definition) is 0. The molecule has 0 unspecified atom stereocenters. The topological polar surface area (TPSA) is 0 Å². The Kier molecular flexibility index (Phi) is 2.73. The molecule has 2 heteroatoms. The lowest BCUT2D eigenvalue weighted by atomic mass is 10.0. The Balaban J connectivity index is 2.56. The minimum absolute atomic E-state index is 0.308. The van der Waals surface area contributed by atoms with Gasteiger partial charge in [-0.2, -0.15) is 0 Å². The van der Waals surface area contributed by atoms with E-state index in [1.807, 2.05) is 19.1 Å². The molecule has 16 heavy (non-hydrogen) atoms. The first-order valence-corrected chi connectivity index (χ1v) is 5.10. The third-order valence-corrected chi connectivity index (χ3v) is 2.61. The molecule has 0 bridgehead atoms. The second-order valence-electron chi connectivity index (χ2n) is 3.95. The fraction of sp³-hybridized carbons (Fsp3) is 0.143. The maximum absolute atomic E-state index is 13.7. The third kappa shape index (κ3) is 1.96. The average molecular weight is 218 g/mol. The zero-order valence-electron chi connectivity index (χ0n) is 9.22. The molecule has 2 aromatic carbocycles. The van der Waals surface area contributed by atoms with Crippen LogP contribution < -0.4 is 0 Å². The molecule has 0 amide bonds. The molecule has 0 atom stereocenters. The summed E-state index contributed by atoms with van der Waals surface area (Å²) in [6.45, 7) is 3.51. The zero-order valence-corrected chi connectivity index (χ0v) is 9.22. The minimum atomic E-state index is -0.386. The van der Waals surface area contributed by atoms with Gasteiger partial charge in [0.05, 0.1) is 0 Å². The van der Waals surface area contributed by atoms with Crippen molar-refractivity contribution in [3.63, 3.8) is 0 Å². The lowest BCUT2D eigenvalue weighted by Crippen LogP contribution is -1.90. The van der Waals surface area contributed by atoms with Crippen LogP contribution in [0.3, 0.4) is 0 Å². The Hall–Kier alpha value is -1.70. The van der Waals surface area contributed by atoms with Crippen LogP contribution >= 0.6 is 0 Å². The molecule has 0 fully saturated rings. The molecule has 0 aliphatic heterocycles. The Bertz CT molecular complexity index is 513. The highest BCUT2D eigenvalue weighted by molar-refractivity contribution is 5.64. The van der Waals surface area contributed by atoms with Gasteiger partial charge in [-0.25, -0.2) is 8.78 Å². The molecule has 0 heterocycles. The van der Waals surface area contributed by atoms with E-state index in [-0.39, 0.29) is 11.6 Å². The van der Waals surface area contributed by atoms with E-state index in [2.05, 4.69) is 0 Å². The van der Waals surface area contributed by atoms with Gasteiger partial charge < -0.3 is 0 Å². The molecule has 0 saturated carbocycles. The van der Waals surface area contributed by atoms with Crippen LogP contribution in [-0.2, 0) is 0 Å². The molecule has 0 saturated heterocycles. The molecule has 0 radical (unpaired) electrons. The van der Waals surface area contributed by atoms with Crippen molar-refractivity contribution < 1.29 is 8.78 Å². The minimum Gasteiger partial charge on any atom is -0.207 e. The van der Waals surface area contributed by atoms with Crippen LogP contribution in [0.15, 0.2) is 36.4 Å². The SMILES string of the molecule is Cc1ccc(-c2cc(F)c(C)cc2F)cc1. The Morgan fingerprint density at radius 2 is 1.44 bits per heavy atom. The third-order valence-electron chi connectivity index (χ3n) is 2.61. The van der Waals surface area contributed by atoms with Gasteiger partial charge in [-0.05, 0) is 37.1 Å². The van der Waals surface area contributed by atoms with Gasteiger partial charge in [-0.1, -0.05) is 29.8 Å². The highest BCUT2D eigenvalue weighted by atomic mass is 19.1. The van der Waals surface area contributed by atoms with Crippen LogP contribution in [0, 0.1) is 25.5 Å². The summed E-state index contributed by atoms with van der Waals surface area (Å²) in [5.41, 5.74) is 2.43. The van der Waals surface area contributed by atoms with Gasteiger partial charge in [0.15, 0.2) is 0 Å². The van der Waals surface area contributed by atoms with Gasteiger partial charge in [0.2, 0.25) is 0 Å². The monoisotopic (exact) mass is 218 g/mol. The van der Waals surface area contributed by atoms with Crippen LogP contribution in [0.1, 0.15) is 11.1 Å². The number of rotatable bonds is 1. The highest BCUT2D eigenvalue weighted by Gasteiger charge is 2.08. The number of hydrogen-bond donors (Lipinski definition) is 0. The second-order valence-corrected chi connectivity index (χ2v) is 3.95. The van der Waals surface area contributed by atoms with Crippen LogP contribution in [0.5, 0.6) is 0 Å². The summed E-state index contributed by atoms with van der Waals surface area (Å²) in [4.78, 5) is 0. The Labute approximate surface area is 93.5 Å². The molecule has 0 aromatic heterocycles. The van der Waals surface area contributed by atoms with Crippen molar-refractivity contribution in [1.29, 1.82) is 0 Å². The van der Waals surface area contributed by atoms with Gasteiger partial charge >= 0.3 is 0 Å². The average Bonchev–Trinajstić information content (AvgIpc) is 2.25. The predicted molar refractivity (Wildman–Crippen MR) is 61.3 cm³/mol. The van der Waals surface area contributed by atoms with E-state index < -0.39 is 0 Å². The van der Waals surface area contributed by atoms with E-state index in [1.54, 1.807) is 19.1 Å². The van der Waals surface area contributed by atoms with E-state index >= 15 is 0 Å². The van der Waals surface area contributed by atoms with E-state index in [0.29, 0.717) is 16.7 Å². The first-order valence-electron chi connectivity index (χ1n) is 5.10. The molecule has 0 spiro atoms. The smallest absolute Gasteiger partial charge is 0.131 e. The van der Waals surface area contributed by atoms with E-state index in [1.165, 1.54) is 12.1 Å². The summed E-state index contributed by atoms with van der Waals surface area (Å²) in [5.74, 6) is -0.764. The summed E-state index contributed by atoms with van der Waals surface area (Å²) in [7, 11) is 0. The maximum Gasteiger partial charge on any atom is 0.131 e. The lowest BCUT2D eigenvalue weighted by Gasteiger charge is -2.06. The lowest BCUT2D eigenvalue weighted by molar-refractivity contribution is 0.595. The number of aryl methyl sites for hydroxylation is 2. The van der Waals surface area contributed by atoms with Crippen molar-refractivity contribution in [2.45, 2.75) is 13.8 Å². The summed E-state index contributed by atoms with van der Waals surface area (Å²) in [6.07, 6.45) is 0. The summed E-state index contributed by atoms with van der Waals surface area (Å²) in [6, 6.07) is 9.82. The van der Waals surface area contributed by atoms with Crippen molar-refractivity contribution in [2.75, 3.05) is 0 Å². The van der Waals surface area contributed by atoms with Crippen LogP contribution in [0.25, 0.3) is 11.1 Å². The standard InChI is InChI=1S/C14H12F2/c1-9-3-5-11(6-4-9)12-8-13(15)10(2)7-14(12)16/h3-8H,1-2H3. The van der Waals surface area contributed by atoms with Gasteiger partial charge in [-0.15, -0.1) is 0 Å². The fourth-order valence-electron chi connectivity index (χ4n) is 1.60. The van der Waals surface area contributed by atoms with Crippen molar-refractivity contribution in [3.05, 3.63) is 59.2 Å². The maximum atomic E-state index is 13.7. The summed E-state index contributed by atoms with van der Waals surface area (Å²) in [5, 5.41) is 0. The van der Waals surface area contributed by atoms with Crippen LogP contribution in [0.4, 0.5) is 8.78 Å². The molecule has 0 aliphatic carbocycles. The van der Waals surface area contributed by atoms with Crippen molar-refractivity contribution >= 4 is 0 Å². The van der Waals surface area contributed by atoms with E-state index in [9.17, 15) is 8.78 Å². The van der Waals surface area contributed by atoms with Crippen LogP contribution in [-0.4, -0.2) is 0 Å². The molecular weight excluding hydrogens is 206 g/mol. The Morgan fingerprint density at radius 1 is 0.812 bits per heavy atom. The quantitative estimate of drug-likeness (QED) is 0.671. The zero-order chi connectivity index (χ0) is 11.7. The molecule has 2 rings (SSSR count). The van der Waals surface area contributed by atoms with Gasteiger partial charge in [-0.3, -0.25) is 0 Å². The highest BCUT2D eigenvalue weighted by Crippen LogP contribution is 2.25. The first-order chi connectivity index (χ1) is 7.58. The normalized spacial score (nSPS) is 10.5. The van der Waals surface area contributed by atoms with E-state index in [4.69, 9.17) is 0 Å². The summed E-state index contributed by atoms with van der Waals surface area (Å²) >= 11 is 0. The molecule has 2 aromatic rings. The fourth-order valence-corrected chi connectivity index (χ4v) is 1.60. The van der Waals surface area contributed by atoms with E-state index in [0.717, 1.165) is 5.56 Å². The van der Waals surface area contributed by atoms with Crippen molar-refractivity contribution in [1.82, 2.24) is 0 Å². The molecule has 82 valence electrons. The Morgan fingerprint density at radius 3 is 2.06 bits per heavy atom. The summed E-state index contributed by atoms with van der Waals surface area (Å²) < 4.78 is 27.0. The predicted octanol–water partition coefficient (Wildman–Crippen LogP) is 4.25. The number of benzene rings is 2.